The predicted molar refractivity (Wildman–Crippen MR) is 83.1 cm³/mol. The summed E-state index contributed by atoms with van der Waals surface area (Å²) < 4.78 is 10.0. The molecule has 0 bridgehead atoms. The molecule has 0 aromatic carbocycles. The second kappa shape index (κ2) is 6.80. The molecule has 126 valence electrons. The fourth-order valence-electron chi connectivity index (χ4n) is 3.69. The molecule has 2 heterocycles. The highest BCUT2D eigenvalue weighted by Crippen LogP contribution is 2.48. The number of anilines is 1. The number of esters is 1. The Bertz CT molecular complexity index is 543. The molecule has 0 radical (unpaired) electrons. The maximum Gasteiger partial charge on any atom is 0.358 e. The molecule has 23 heavy (non-hydrogen) atoms. The molecule has 3 rings (SSSR count). The van der Waals surface area contributed by atoms with Gasteiger partial charge in [0.2, 0.25) is 0 Å². The Morgan fingerprint density at radius 3 is 2.83 bits per heavy atom. The van der Waals surface area contributed by atoms with Crippen LogP contribution in [-0.4, -0.2) is 54.2 Å². The van der Waals surface area contributed by atoms with Gasteiger partial charge in [-0.3, -0.25) is 0 Å². The molecule has 0 amide bonds. The highest BCUT2D eigenvalue weighted by molar-refractivity contribution is 5.86. The first-order chi connectivity index (χ1) is 11.1. The molecule has 1 aliphatic heterocycles. The predicted octanol–water partition coefficient (Wildman–Crippen LogP) is 1.24. The number of rotatable bonds is 4. The van der Waals surface area contributed by atoms with Crippen molar-refractivity contribution in [3.05, 3.63) is 17.8 Å². The van der Waals surface area contributed by atoms with Crippen LogP contribution in [0.4, 0.5) is 5.82 Å². The first-order valence-electron chi connectivity index (χ1n) is 8.06. The van der Waals surface area contributed by atoms with Crippen molar-refractivity contribution < 1.29 is 19.4 Å². The fraction of sp³-hybridized carbons (Fsp3) is 0.688. The van der Waals surface area contributed by atoms with E-state index >= 15 is 0 Å². The van der Waals surface area contributed by atoms with Gasteiger partial charge in [0.05, 0.1) is 13.2 Å². The van der Waals surface area contributed by atoms with Gasteiger partial charge in [0, 0.05) is 31.1 Å². The summed E-state index contributed by atoms with van der Waals surface area (Å²) in [5.74, 6) is 0.296. The summed E-state index contributed by atoms with van der Waals surface area (Å²) in [4.78, 5) is 11.3. The van der Waals surface area contributed by atoms with Crippen LogP contribution in [0.3, 0.4) is 0 Å². The second-order valence-electron chi connectivity index (χ2n) is 6.39. The number of carbonyl (C=O) groups is 1. The van der Waals surface area contributed by atoms with Gasteiger partial charge in [-0.25, -0.2) is 4.79 Å². The number of aliphatic hydroxyl groups is 1. The highest BCUT2D eigenvalue weighted by Gasteiger charge is 2.47. The molecule has 1 aliphatic carbocycles. The minimum absolute atomic E-state index is 0.0328. The van der Waals surface area contributed by atoms with Crippen LogP contribution in [-0.2, 0) is 9.47 Å². The first kappa shape index (κ1) is 16.1. The monoisotopic (exact) mass is 321 g/mol. The Kier molecular flexibility index (Phi) is 4.77. The number of carbonyl (C=O) groups excluding carboxylic acids is 1. The first-order valence-corrected chi connectivity index (χ1v) is 8.06. The third kappa shape index (κ3) is 3.30. The number of hydrogen-bond acceptors (Lipinski definition) is 7. The fourth-order valence-corrected chi connectivity index (χ4v) is 3.69. The summed E-state index contributed by atoms with van der Waals surface area (Å²) in [6.07, 6.45) is 3.64. The topological polar surface area (TPSA) is 93.6 Å². The van der Waals surface area contributed by atoms with E-state index in [1.165, 1.54) is 7.11 Å². The number of methoxy groups -OCH3 is 1. The quantitative estimate of drug-likeness (QED) is 0.806. The second-order valence-corrected chi connectivity index (χ2v) is 6.39. The summed E-state index contributed by atoms with van der Waals surface area (Å²) in [6, 6.07) is 3.27. The normalized spacial score (nSPS) is 26.2. The van der Waals surface area contributed by atoms with Crippen molar-refractivity contribution in [3.63, 3.8) is 0 Å². The van der Waals surface area contributed by atoms with Gasteiger partial charge in [0.15, 0.2) is 5.69 Å². The van der Waals surface area contributed by atoms with E-state index in [0.29, 0.717) is 12.4 Å². The van der Waals surface area contributed by atoms with Gasteiger partial charge < -0.3 is 19.9 Å². The lowest BCUT2D eigenvalue weighted by Gasteiger charge is -2.37. The third-order valence-corrected chi connectivity index (χ3v) is 5.18. The largest absolute Gasteiger partial charge is 0.464 e. The molecular formula is C16H23N3O4. The van der Waals surface area contributed by atoms with Crippen LogP contribution in [0.5, 0.6) is 0 Å². The molecule has 7 heteroatoms. The molecule has 2 atom stereocenters. The average molecular weight is 321 g/mol. The molecule has 1 saturated carbocycles. The number of nitrogens with one attached hydrogen (secondary N) is 1. The van der Waals surface area contributed by atoms with Gasteiger partial charge in [-0.05, 0) is 37.8 Å². The third-order valence-electron chi connectivity index (χ3n) is 5.18. The lowest BCUT2D eigenvalue weighted by atomic mass is 9.76. The number of nitrogens with zero attached hydrogens (tertiary/aromatic N) is 2. The molecule has 1 aromatic heterocycles. The van der Waals surface area contributed by atoms with Crippen molar-refractivity contribution in [1.29, 1.82) is 0 Å². The smallest absolute Gasteiger partial charge is 0.358 e. The molecule has 1 aromatic rings. The maximum atomic E-state index is 11.3. The number of aromatic nitrogens is 2. The van der Waals surface area contributed by atoms with Crippen molar-refractivity contribution in [1.82, 2.24) is 10.2 Å². The van der Waals surface area contributed by atoms with Crippen LogP contribution < -0.4 is 5.32 Å². The van der Waals surface area contributed by atoms with E-state index < -0.39 is 5.97 Å². The summed E-state index contributed by atoms with van der Waals surface area (Å²) in [6.45, 7) is 2.14. The zero-order valence-electron chi connectivity index (χ0n) is 13.3. The Hall–Kier alpha value is -1.73. The van der Waals surface area contributed by atoms with Gasteiger partial charge in [-0.15, -0.1) is 10.2 Å². The molecule has 7 nitrogen and oxygen atoms in total. The zero-order chi connectivity index (χ0) is 16.3. The van der Waals surface area contributed by atoms with E-state index in [1.54, 1.807) is 12.1 Å². The molecule has 2 N–H and O–H groups in total. The minimum atomic E-state index is -0.503. The van der Waals surface area contributed by atoms with Crippen molar-refractivity contribution in [2.75, 3.05) is 32.2 Å². The molecule has 1 spiro atoms. The van der Waals surface area contributed by atoms with Gasteiger partial charge in [-0.1, -0.05) is 0 Å². The van der Waals surface area contributed by atoms with Crippen LogP contribution >= 0.6 is 0 Å². The molecule has 2 fully saturated rings. The van der Waals surface area contributed by atoms with E-state index in [-0.39, 0.29) is 23.1 Å². The average Bonchev–Trinajstić information content (AvgIpc) is 2.89. The van der Waals surface area contributed by atoms with Crippen molar-refractivity contribution in [2.45, 2.75) is 31.8 Å². The van der Waals surface area contributed by atoms with E-state index in [0.717, 1.165) is 38.9 Å². The Balaban J connectivity index is 1.55. The van der Waals surface area contributed by atoms with Gasteiger partial charge >= 0.3 is 5.97 Å². The number of aliphatic hydroxyl groups excluding tert-OH is 1. The minimum Gasteiger partial charge on any atom is -0.464 e. The van der Waals surface area contributed by atoms with Crippen molar-refractivity contribution >= 4 is 11.8 Å². The summed E-state index contributed by atoms with van der Waals surface area (Å²) in [7, 11) is 1.31. The van der Waals surface area contributed by atoms with Crippen LogP contribution in [0.2, 0.25) is 0 Å². The maximum absolute atomic E-state index is 11.3. The molecule has 0 unspecified atom stereocenters. The van der Waals surface area contributed by atoms with Crippen LogP contribution in [0, 0.1) is 11.3 Å². The van der Waals surface area contributed by atoms with Gasteiger partial charge in [0.25, 0.3) is 0 Å². The summed E-state index contributed by atoms with van der Waals surface area (Å²) in [5.41, 5.74) is 0.213. The van der Waals surface area contributed by atoms with Crippen molar-refractivity contribution in [2.24, 2.45) is 11.3 Å². The van der Waals surface area contributed by atoms with Gasteiger partial charge in [0.1, 0.15) is 5.82 Å². The lowest BCUT2D eigenvalue weighted by Crippen LogP contribution is -2.40. The Morgan fingerprint density at radius 2 is 2.17 bits per heavy atom. The SMILES string of the molecule is COC(=O)c1ccc(NC[C@@H]2CCC3(CCOCC3)[C@@H]2O)nn1. The van der Waals surface area contributed by atoms with Gasteiger partial charge in [-0.2, -0.15) is 0 Å². The van der Waals surface area contributed by atoms with Crippen LogP contribution in [0.15, 0.2) is 12.1 Å². The van der Waals surface area contributed by atoms with Crippen molar-refractivity contribution in [3.8, 4) is 0 Å². The Morgan fingerprint density at radius 1 is 1.39 bits per heavy atom. The van der Waals surface area contributed by atoms with Crippen LogP contribution in [0.25, 0.3) is 0 Å². The zero-order valence-corrected chi connectivity index (χ0v) is 13.3. The summed E-state index contributed by atoms with van der Waals surface area (Å²) in [5, 5.41) is 21.7. The highest BCUT2D eigenvalue weighted by atomic mass is 16.5. The van der Waals surface area contributed by atoms with Crippen LogP contribution in [0.1, 0.15) is 36.2 Å². The number of ether oxygens (including phenoxy) is 2. The van der Waals surface area contributed by atoms with E-state index in [9.17, 15) is 9.90 Å². The summed E-state index contributed by atoms with van der Waals surface area (Å²) >= 11 is 0. The molecule has 2 aliphatic rings. The molecule has 1 saturated heterocycles. The Labute approximate surface area is 135 Å². The molecular weight excluding hydrogens is 298 g/mol. The van der Waals surface area contributed by atoms with E-state index in [2.05, 4.69) is 20.3 Å². The van der Waals surface area contributed by atoms with E-state index in [4.69, 9.17) is 4.74 Å². The number of hydrogen-bond donors (Lipinski definition) is 2. The lowest BCUT2D eigenvalue weighted by molar-refractivity contribution is -0.0545. The van der Waals surface area contributed by atoms with E-state index in [1.807, 2.05) is 0 Å². The standard InChI is InChI=1S/C16H23N3O4/c1-22-15(21)12-2-3-13(19-18-12)17-10-11-4-5-16(14(11)20)6-8-23-9-7-16/h2-3,11,14,20H,4-10H2,1H3,(H,17,19)/t11-,14+/m0/s1.